The molecule has 0 radical (unpaired) electrons. The van der Waals surface area contributed by atoms with Gasteiger partial charge in [-0.05, 0) is 53.7 Å². The quantitative estimate of drug-likeness (QED) is 0.165. The number of carbonyl (C=O) groups is 3. The van der Waals surface area contributed by atoms with Crippen LogP contribution in [0.3, 0.4) is 0 Å². The summed E-state index contributed by atoms with van der Waals surface area (Å²) in [4.78, 5) is 40.8. The highest BCUT2D eigenvalue weighted by Crippen LogP contribution is 2.66. The van der Waals surface area contributed by atoms with Crippen LogP contribution in [0.2, 0.25) is 0 Å². The smallest absolute Gasteiger partial charge is 0.217 e. The Hall–Kier alpha value is -3.53. The first-order valence-corrected chi connectivity index (χ1v) is 11.7. The van der Waals surface area contributed by atoms with Crippen LogP contribution >= 0.6 is 0 Å². The fourth-order valence-corrected chi connectivity index (χ4v) is 5.62. The van der Waals surface area contributed by atoms with Gasteiger partial charge in [0.15, 0.2) is 17.2 Å². The second kappa shape index (κ2) is 9.09. The van der Waals surface area contributed by atoms with E-state index >= 15 is 0 Å². The van der Waals surface area contributed by atoms with Gasteiger partial charge in [-0.15, -0.1) is 0 Å². The van der Waals surface area contributed by atoms with Crippen molar-refractivity contribution < 1.29 is 44.7 Å². The number of fused-ring (bicyclic) bond motifs is 3. The minimum Gasteiger partial charge on any atom is -0.508 e. The monoisotopic (exact) mass is 512 g/mol. The molecule has 2 aliphatic carbocycles. The molecule has 9 heteroatoms. The van der Waals surface area contributed by atoms with Crippen molar-refractivity contribution in [3.05, 3.63) is 82.6 Å². The molecule has 1 saturated heterocycles. The zero-order valence-corrected chi connectivity index (χ0v) is 21.6. The molecule has 3 aliphatic rings. The predicted molar refractivity (Wildman–Crippen MR) is 134 cm³/mol. The van der Waals surface area contributed by atoms with Crippen molar-refractivity contribution in [3.63, 3.8) is 0 Å². The Morgan fingerprint density at radius 1 is 0.838 bits per heavy atom. The van der Waals surface area contributed by atoms with Gasteiger partial charge in [0.25, 0.3) is 0 Å². The van der Waals surface area contributed by atoms with Crippen molar-refractivity contribution in [3.8, 4) is 0 Å². The number of allylic oxidation sites excluding steroid dienone is 9. The third-order valence-corrected chi connectivity index (χ3v) is 7.56. The average Bonchev–Trinajstić information content (AvgIpc) is 3.03. The van der Waals surface area contributed by atoms with E-state index in [1.807, 2.05) is 0 Å². The Morgan fingerprint density at radius 3 is 1.86 bits per heavy atom. The van der Waals surface area contributed by atoms with Crippen LogP contribution < -0.4 is 0 Å². The maximum Gasteiger partial charge on any atom is 0.217 e. The van der Waals surface area contributed by atoms with Crippen LogP contribution in [0.15, 0.2) is 82.6 Å². The van der Waals surface area contributed by atoms with E-state index in [2.05, 4.69) is 0 Å². The Kier molecular flexibility index (Phi) is 6.89. The van der Waals surface area contributed by atoms with E-state index in [1.54, 1.807) is 32.1 Å². The van der Waals surface area contributed by atoms with Crippen LogP contribution in [0.25, 0.3) is 0 Å². The molecule has 5 atom stereocenters. The van der Waals surface area contributed by atoms with Gasteiger partial charge in [0.1, 0.15) is 28.5 Å². The van der Waals surface area contributed by atoms with Crippen molar-refractivity contribution in [2.75, 3.05) is 0 Å². The third kappa shape index (κ3) is 3.53. The highest BCUT2D eigenvalue weighted by molar-refractivity contribution is 6.28. The Bertz CT molecular complexity index is 1290. The lowest BCUT2D eigenvalue weighted by Gasteiger charge is -2.50. The van der Waals surface area contributed by atoms with Crippen molar-refractivity contribution in [1.29, 1.82) is 0 Å². The number of rotatable bonds is 4. The lowest BCUT2D eigenvalue weighted by molar-refractivity contribution is -0.313. The Morgan fingerprint density at radius 2 is 1.35 bits per heavy atom. The zero-order valence-electron chi connectivity index (χ0n) is 21.6. The zero-order chi connectivity index (χ0) is 28.1. The van der Waals surface area contributed by atoms with Crippen LogP contribution in [0.5, 0.6) is 0 Å². The summed E-state index contributed by atoms with van der Waals surface area (Å²) in [5.74, 6) is -9.75. The summed E-state index contributed by atoms with van der Waals surface area (Å²) in [7, 11) is 0. The van der Waals surface area contributed by atoms with E-state index < -0.39 is 68.5 Å². The number of carbonyl (C=O) groups excluding carboxylic acids is 3. The number of hydrogen-bond donors (Lipinski definition) is 5. The standard InChI is InChI=1S/C28H32O9/c1-7-9-11-13-16(29)18-20(31)15(3)22(32)26(5)21(18)25(4)23(33)19(17(30)14-12-10-8-2)24(34)27(6,35)28(25,36)37-26/h7-14,21,29-31,35-36H,1-6H3/b9-7+,10-8+,13-11+,14-12+,18-16+,19-17+/t21-,25-,26+,27+,28+/m1/s1. The minimum atomic E-state index is -2.98. The molecule has 0 unspecified atom stereocenters. The fourth-order valence-electron chi connectivity index (χ4n) is 5.62. The van der Waals surface area contributed by atoms with E-state index in [9.17, 15) is 39.9 Å². The first kappa shape index (κ1) is 28.0. The van der Waals surface area contributed by atoms with Crippen molar-refractivity contribution in [2.24, 2.45) is 11.3 Å². The summed E-state index contributed by atoms with van der Waals surface area (Å²) in [6.45, 7) is 8.07. The highest BCUT2D eigenvalue weighted by atomic mass is 16.7. The number of Topliss-reactive ketones (excluding diaryl/α,β-unsaturated/α-hetero) is 3. The second-order valence-electron chi connectivity index (χ2n) is 9.85. The first-order chi connectivity index (χ1) is 17.1. The van der Waals surface area contributed by atoms with Crippen molar-refractivity contribution >= 4 is 17.3 Å². The summed E-state index contributed by atoms with van der Waals surface area (Å²) in [6.07, 6.45) is 11.5. The molecular formula is C28H32O9. The lowest BCUT2D eigenvalue weighted by atomic mass is 9.52. The molecule has 0 spiro atoms. The highest BCUT2D eigenvalue weighted by Gasteiger charge is 2.83. The maximum atomic E-state index is 14.0. The molecule has 3 rings (SSSR count). The molecule has 5 N–H and O–H groups in total. The molecule has 0 bridgehead atoms. The van der Waals surface area contributed by atoms with Gasteiger partial charge in [-0.2, -0.15) is 0 Å². The normalized spacial score (nSPS) is 39.5. The molecule has 1 aliphatic heterocycles. The van der Waals surface area contributed by atoms with E-state index in [0.717, 1.165) is 13.0 Å². The molecule has 37 heavy (non-hydrogen) atoms. The summed E-state index contributed by atoms with van der Waals surface area (Å²) in [5, 5.41) is 55.9. The molecule has 1 saturated carbocycles. The van der Waals surface area contributed by atoms with Gasteiger partial charge < -0.3 is 30.3 Å². The second-order valence-corrected chi connectivity index (χ2v) is 9.85. The molecule has 2 fully saturated rings. The molecule has 0 aromatic carbocycles. The van der Waals surface area contributed by atoms with E-state index in [1.165, 1.54) is 45.1 Å². The number of aliphatic hydroxyl groups excluding tert-OH is 3. The minimum absolute atomic E-state index is 0.211. The van der Waals surface area contributed by atoms with Gasteiger partial charge >= 0.3 is 0 Å². The number of hydrogen-bond acceptors (Lipinski definition) is 9. The summed E-state index contributed by atoms with van der Waals surface area (Å²) >= 11 is 0. The Balaban J connectivity index is 2.46. The molecule has 0 aromatic rings. The van der Waals surface area contributed by atoms with Crippen LogP contribution in [-0.4, -0.2) is 59.9 Å². The van der Waals surface area contributed by atoms with Gasteiger partial charge in [0, 0.05) is 17.1 Å². The number of ketones is 3. The molecular weight excluding hydrogens is 480 g/mol. The van der Waals surface area contributed by atoms with E-state index in [4.69, 9.17) is 4.74 Å². The van der Waals surface area contributed by atoms with Crippen LogP contribution in [0.1, 0.15) is 41.5 Å². The molecule has 0 aromatic heterocycles. The molecule has 0 amide bonds. The summed E-state index contributed by atoms with van der Waals surface area (Å²) < 4.78 is 5.82. The van der Waals surface area contributed by atoms with Crippen molar-refractivity contribution in [1.82, 2.24) is 0 Å². The SMILES string of the molecule is C/C=C/C=C/C(O)=C1/C(O)=C(C)C(=O)[C@@]2(C)O[C@]3(O)[C@@](C)(O)C(=O)\C(=C(O)/C=C/C=C/C)C(=O)[C@@]3(C)[C@@H]12. The molecule has 198 valence electrons. The van der Waals surface area contributed by atoms with Gasteiger partial charge in [-0.1, -0.05) is 36.5 Å². The number of ether oxygens (including phenoxy) is 1. The van der Waals surface area contributed by atoms with Gasteiger partial charge in [0.2, 0.25) is 11.6 Å². The number of aliphatic hydroxyl groups is 5. The Labute approximate surface area is 214 Å². The van der Waals surface area contributed by atoms with Crippen LogP contribution in [0, 0.1) is 11.3 Å². The largest absolute Gasteiger partial charge is 0.508 e. The first-order valence-electron chi connectivity index (χ1n) is 11.7. The fraction of sp³-hybridized carbons (Fsp3) is 0.393. The maximum absolute atomic E-state index is 14.0. The lowest BCUT2D eigenvalue weighted by Crippen LogP contribution is -2.72. The summed E-state index contributed by atoms with van der Waals surface area (Å²) in [5.41, 5.74) is -8.56. The topological polar surface area (TPSA) is 162 Å². The summed E-state index contributed by atoms with van der Waals surface area (Å²) in [6, 6.07) is 0. The van der Waals surface area contributed by atoms with Gasteiger partial charge in [0.05, 0.1) is 5.41 Å². The van der Waals surface area contributed by atoms with E-state index in [-0.39, 0.29) is 11.1 Å². The average molecular weight is 513 g/mol. The van der Waals surface area contributed by atoms with Crippen LogP contribution in [0.4, 0.5) is 0 Å². The van der Waals surface area contributed by atoms with E-state index in [0.29, 0.717) is 0 Å². The predicted octanol–water partition coefficient (Wildman–Crippen LogP) is 3.29. The van der Waals surface area contributed by atoms with Gasteiger partial charge in [-0.3, -0.25) is 14.4 Å². The molecule has 1 heterocycles. The van der Waals surface area contributed by atoms with Crippen molar-refractivity contribution in [2.45, 2.75) is 58.5 Å². The third-order valence-electron chi connectivity index (χ3n) is 7.56. The molecule has 9 nitrogen and oxygen atoms in total. The van der Waals surface area contributed by atoms with Gasteiger partial charge in [-0.25, -0.2) is 0 Å². The van der Waals surface area contributed by atoms with Crippen LogP contribution in [-0.2, 0) is 19.1 Å².